The van der Waals surface area contributed by atoms with Crippen LogP contribution in [-0.4, -0.2) is 72.7 Å². The summed E-state index contributed by atoms with van der Waals surface area (Å²) >= 11 is 0. The van der Waals surface area contributed by atoms with Gasteiger partial charge in [-0.2, -0.15) is 0 Å². The lowest BCUT2D eigenvalue weighted by Gasteiger charge is -2.61. The number of carbonyl (C=O) groups excluding carboxylic acids is 2. The summed E-state index contributed by atoms with van der Waals surface area (Å²) in [4.78, 5) is 40.8. The lowest BCUT2D eigenvalue weighted by molar-refractivity contribution is -0.383. The largest absolute Gasteiger partial charge is 0.463 e. The second kappa shape index (κ2) is 20.1. The van der Waals surface area contributed by atoms with Gasteiger partial charge in [0.2, 0.25) is 11.4 Å². The molecule has 1 N–H and O–H groups in total. The molecule has 1 aromatic heterocycles. The van der Waals surface area contributed by atoms with E-state index in [1.54, 1.807) is 6.07 Å². The van der Waals surface area contributed by atoms with E-state index >= 15 is 0 Å². The first-order chi connectivity index (χ1) is 29.5. The summed E-state index contributed by atoms with van der Waals surface area (Å²) in [6, 6.07) is 13.2. The van der Waals surface area contributed by atoms with E-state index in [9.17, 15) is 19.7 Å². The summed E-state index contributed by atoms with van der Waals surface area (Å²) in [5, 5.41) is 26.4. The molecule has 15 nitrogen and oxygen atoms in total. The molecule has 2 aromatic carbocycles. The predicted octanol–water partition coefficient (Wildman–Crippen LogP) is 8.98. The molecule has 0 saturated heterocycles. The van der Waals surface area contributed by atoms with Crippen LogP contribution in [0.4, 0.5) is 5.69 Å². The zero-order chi connectivity index (χ0) is 43.0. The molecule has 1 amide bonds. The molecule has 0 aliphatic heterocycles. The minimum atomic E-state index is -0.490. The van der Waals surface area contributed by atoms with E-state index in [1.807, 2.05) is 30.3 Å². The number of benzene rings is 2. The van der Waals surface area contributed by atoms with Crippen LogP contribution in [0.3, 0.4) is 0 Å². The number of hydrogen-bond acceptors (Lipinski definition) is 11. The topological polar surface area (TPSA) is 205 Å². The molecule has 3 aromatic rings. The van der Waals surface area contributed by atoms with Crippen LogP contribution in [0.1, 0.15) is 103 Å². The summed E-state index contributed by atoms with van der Waals surface area (Å²) in [6.07, 6.45) is 12.7. The molecule has 7 rings (SSSR count). The number of nitro benzene ring substituents is 1. The van der Waals surface area contributed by atoms with Gasteiger partial charge in [0.05, 0.1) is 31.4 Å². The third kappa shape index (κ3) is 10.1. The molecule has 4 aliphatic rings. The van der Waals surface area contributed by atoms with Gasteiger partial charge in [-0.1, -0.05) is 56.2 Å². The maximum atomic E-state index is 14.3. The molecule has 61 heavy (non-hydrogen) atoms. The molecule has 0 radical (unpaired) electrons. The monoisotopic (exact) mass is 841 g/mol. The fourth-order valence-electron chi connectivity index (χ4n) is 12.6. The van der Waals surface area contributed by atoms with Gasteiger partial charge in [-0.15, -0.1) is 0 Å². The number of non-ortho nitro benzene ring substituents is 1. The second-order valence-corrected chi connectivity index (χ2v) is 18.8. The summed E-state index contributed by atoms with van der Waals surface area (Å²) in [5.41, 5.74) is 10.9. The maximum absolute atomic E-state index is 14.3. The molecule has 1 heterocycles. The number of ether oxygens (including phenoxy) is 3. The second-order valence-electron chi connectivity index (χ2n) is 18.8. The average molecular weight is 842 g/mol. The minimum absolute atomic E-state index is 0.00866. The van der Waals surface area contributed by atoms with Crippen LogP contribution in [0.15, 0.2) is 52.2 Å². The van der Waals surface area contributed by atoms with E-state index in [0.717, 1.165) is 37.2 Å². The maximum Gasteiger partial charge on any atom is 0.305 e. The Morgan fingerprint density at radius 1 is 0.934 bits per heavy atom. The van der Waals surface area contributed by atoms with E-state index in [2.05, 4.69) is 46.4 Å². The van der Waals surface area contributed by atoms with Crippen LogP contribution in [0.2, 0.25) is 0 Å². The summed E-state index contributed by atoms with van der Waals surface area (Å²) < 4.78 is 21.2. The zero-order valence-electron chi connectivity index (χ0n) is 36.0. The smallest absolute Gasteiger partial charge is 0.305 e. The van der Waals surface area contributed by atoms with E-state index in [4.69, 9.17) is 24.4 Å². The van der Waals surface area contributed by atoms with Crippen molar-refractivity contribution in [2.45, 2.75) is 110 Å². The molecule has 4 fully saturated rings. The number of carbonyl (C=O) groups is 2. The summed E-state index contributed by atoms with van der Waals surface area (Å²) in [5.74, 6) is 3.21. The first kappa shape index (κ1) is 44.5. The highest BCUT2D eigenvalue weighted by atomic mass is 16.6. The quantitative estimate of drug-likeness (QED) is 0.0217. The van der Waals surface area contributed by atoms with Crippen molar-refractivity contribution >= 4 is 28.6 Å². The van der Waals surface area contributed by atoms with Crippen LogP contribution in [0, 0.1) is 62.4 Å². The van der Waals surface area contributed by atoms with E-state index in [1.165, 1.54) is 44.6 Å². The van der Waals surface area contributed by atoms with Gasteiger partial charge in [0.15, 0.2) is 0 Å². The fraction of sp³-hybridized carbons (Fsp3) is 0.696. The SMILES string of the molecule is C[C@H](CCC(=O)OCCOCCOCCN=[N+]=[N-])C1CCC2C3CC[C@@H]4C[C@H](NC(=O)[C@H](Cc5ccccc5)Cc5ccc([N+](=O)[O-])c6nonc56)CC[C@]4(C)C3CC[C@@]21C. The molecule has 4 unspecified atom stereocenters. The number of hydrogen-bond donors (Lipinski definition) is 1. The first-order valence-electron chi connectivity index (χ1n) is 22.6. The highest BCUT2D eigenvalue weighted by Gasteiger charge is 2.60. The van der Waals surface area contributed by atoms with Crippen LogP contribution in [0.5, 0.6) is 0 Å². The molecule has 0 bridgehead atoms. The van der Waals surface area contributed by atoms with E-state index in [0.29, 0.717) is 98.3 Å². The van der Waals surface area contributed by atoms with Crippen molar-refractivity contribution in [3.05, 3.63) is 74.1 Å². The Hall–Kier alpha value is -4.59. The van der Waals surface area contributed by atoms with Gasteiger partial charge in [-0.3, -0.25) is 19.7 Å². The van der Waals surface area contributed by atoms with Gasteiger partial charge in [-0.25, -0.2) is 4.63 Å². The van der Waals surface area contributed by atoms with Crippen LogP contribution >= 0.6 is 0 Å². The van der Waals surface area contributed by atoms with Crippen molar-refractivity contribution in [3.8, 4) is 0 Å². The third-order valence-electron chi connectivity index (χ3n) is 15.7. The number of azide groups is 1. The minimum Gasteiger partial charge on any atom is -0.463 e. The normalized spacial score (nSPS) is 29.0. The van der Waals surface area contributed by atoms with Crippen molar-refractivity contribution in [1.82, 2.24) is 15.6 Å². The van der Waals surface area contributed by atoms with Crippen molar-refractivity contribution in [2.75, 3.05) is 39.6 Å². The Labute approximate surface area is 358 Å². The van der Waals surface area contributed by atoms with E-state index < -0.39 is 10.8 Å². The standard InChI is InChI=1S/C46H63N7O8/c1-30(9-16-41(54)60-26-25-59-24-23-58-22-21-48-52-47)37-13-14-38-36-12-11-34-29-35(17-19-45(34,2)39(36)18-20-46(37,38)3)49-44(55)33(27-31-7-5-4-6-8-31)28-32-10-15-40(53(56)57)43-42(32)50-61-51-43/h4-8,10,15,30,33-39H,9,11-14,16-29H2,1-3H3,(H,49,55)/t30-,33-,34-,35-,36?,37?,38?,39?,45+,46-/m1/s1. The molecular weight excluding hydrogens is 779 g/mol. The van der Waals surface area contributed by atoms with Crippen molar-refractivity contribution in [2.24, 2.45) is 57.4 Å². The Bertz CT molecular complexity index is 2020. The van der Waals surface area contributed by atoms with Gasteiger partial charge < -0.3 is 19.5 Å². The predicted molar refractivity (Wildman–Crippen MR) is 228 cm³/mol. The van der Waals surface area contributed by atoms with Gasteiger partial charge in [0, 0.05) is 35.9 Å². The molecule has 4 aliphatic carbocycles. The molecule has 0 spiro atoms. The molecule has 15 heteroatoms. The average Bonchev–Trinajstić information content (AvgIpc) is 3.89. The van der Waals surface area contributed by atoms with Crippen LogP contribution in [0.25, 0.3) is 21.5 Å². The number of nitro groups is 1. The molecule has 4 saturated carbocycles. The number of amides is 1. The number of esters is 1. The molecule has 10 atom stereocenters. The number of nitrogens with one attached hydrogen (secondary N) is 1. The van der Waals surface area contributed by atoms with Crippen molar-refractivity contribution in [3.63, 3.8) is 0 Å². The van der Waals surface area contributed by atoms with Crippen molar-refractivity contribution < 1.29 is 33.4 Å². The van der Waals surface area contributed by atoms with Crippen LogP contribution < -0.4 is 5.32 Å². The number of nitrogens with zero attached hydrogens (tertiary/aromatic N) is 6. The Balaban J connectivity index is 0.905. The zero-order valence-corrected chi connectivity index (χ0v) is 36.0. The van der Waals surface area contributed by atoms with Crippen LogP contribution in [-0.2, 0) is 36.6 Å². The highest BCUT2D eigenvalue weighted by Crippen LogP contribution is 2.68. The van der Waals surface area contributed by atoms with Gasteiger partial charge >= 0.3 is 11.7 Å². The Morgan fingerprint density at radius 2 is 1.67 bits per heavy atom. The summed E-state index contributed by atoms with van der Waals surface area (Å²) in [7, 11) is 0. The molecular formula is C46H63N7O8. The summed E-state index contributed by atoms with van der Waals surface area (Å²) in [6.45, 7) is 9.47. The number of aromatic nitrogens is 2. The van der Waals surface area contributed by atoms with Crippen molar-refractivity contribution in [1.29, 1.82) is 0 Å². The van der Waals surface area contributed by atoms with E-state index in [-0.39, 0.29) is 41.1 Å². The number of fused-ring (bicyclic) bond motifs is 6. The Kier molecular flexibility index (Phi) is 14.6. The lowest BCUT2D eigenvalue weighted by Crippen LogP contribution is -2.56. The first-order valence-corrected chi connectivity index (χ1v) is 22.6. The Morgan fingerprint density at radius 3 is 2.46 bits per heavy atom. The molecule has 330 valence electrons. The van der Waals surface area contributed by atoms with Gasteiger partial charge in [0.25, 0.3) is 0 Å². The van der Waals surface area contributed by atoms with Gasteiger partial charge in [0.1, 0.15) is 12.1 Å². The van der Waals surface area contributed by atoms with Gasteiger partial charge in [-0.05, 0) is 156 Å². The fourth-order valence-corrected chi connectivity index (χ4v) is 12.6. The third-order valence-corrected chi connectivity index (χ3v) is 15.7. The highest BCUT2D eigenvalue weighted by molar-refractivity contribution is 5.87. The number of rotatable bonds is 20. The lowest BCUT2D eigenvalue weighted by atomic mass is 9.44.